The first-order valence-corrected chi connectivity index (χ1v) is 14.2. The average molecular weight is 521 g/mol. The summed E-state index contributed by atoms with van der Waals surface area (Å²) < 4.78 is 34.4. The van der Waals surface area contributed by atoms with Crippen LogP contribution in [0.3, 0.4) is 0 Å². The third-order valence-corrected chi connectivity index (χ3v) is 6.78. The maximum Gasteiger partial charge on any atom is 0.162 e. The van der Waals surface area contributed by atoms with Crippen molar-refractivity contribution in [2.75, 3.05) is 44.5 Å². The van der Waals surface area contributed by atoms with Crippen molar-refractivity contribution in [2.24, 2.45) is 0 Å². The Hall–Kier alpha value is -3.69. The Morgan fingerprint density at radius 2 is 1.62 bits per heavy atom. The second-order valence-corrected chi connectivity index (χ2v) is 11.3. The Bertz CT molecular complexity index is 1430. The van der Waals surface area contributed by atoms with Gasteiger partial charge in [-0.1, -0.05) is 30.3 Å². The van der Waals surface area contributed by atoms with Crippen LogP contribution in [0.5, 0.6) is 11.5 Å². The Kier molecular flexibility index (Phi) is 8.58. The lowest BCUT2D eigenvalue weighted by Crippen LogP contribution is -2.27. The minimum atomic E-state index is -2.96. The first-order chi connectivity index (χ1) is 17.8. The van der Waals surface area contributed by atoms with E-state index in [4.69, 9.17) is 20.2 Å². The number of hydrogen-bond donors (Lipinski definition) is 1. The zero-order valence-corrected chi connectivity index (χ0v) is 21.9. The van der Waals surface area contributed by atoms with E-state index >= 15 is 0 Å². The van der Waals surface area contributed by atoms with Gasteiger partial charge in [-0.15, -0.1) is 0 Å². The lowest BCUT2D eigenvalue weighted by molar-refractivity contribution is 0.269. The number of benzene rings is 3. The Labute approximate surface area is 218 Å². The van der Waals surface area contributed by atoms with Crippen LogP contribution in [0.15, 0.2) is 72.8 Å². The number of ether oxygens (including phenoxy) is 2. The van der Waals surface area contributed by atoms with E-state index in [-0.39, 0.29) is 5.75 Å². The molecule has 0 fully saturated rings. The smallest absolute Gasteiger partial charge is 0.162 e. The molecule has 0 unspecified atom stereocenters. The Morgan fingerprint density at radius 1 is 0.892 bits per heavy atom. The molecule has 37 heavy (non-hydrogen) atoms. The highest BCUT2D eigenvalue weighted by molar-refractivity contribution is 7.90. The largest absolute Gasteiger partial charge is 0.493 e. The number of nitrogen functional groups attached to an aromatic ring is 1. The average Bonchev–Trinajstić information content (AvgIpc) is 2.89. The summed E-state index contributed by atoms with van der Waals surface area (Å²) in [6.07, 6.45) is 2.02. The molecule has 0 aliphatic rings. The van der Waals surface area contributed by atoms with Crippen LogP contribution in [-0.2, 0) is 16.4 Å². The van der Waals surface area contributed by atoms with E-state index in [0.717, 1.165) is 35.2 Å². The standard InChI is InChI=1S/C28H32N4O4S/c1-32(16-18-37(2,33)34)15-6-17-35-24-13-14-25-26(19-24)30-28(31-27(25)29)22-9-11-23(12-10-22)36-20-21-7-4-3-5-8-21/h3-5,7-14,19H,6,15-18,20H2,1-2H3,(H2,29,30,31). The quantitative estimate of drug-likeness (QED) is 0.277. The minimum absolute atomic E-state index is 0.155. The highest BCUT2D eigenvalue weighted by atomic mass is 32.2. The third-order valence-electron chi connectivity index (χ3n) is 5.86. The van der Waals surface area contributed by atoms with Gasteiger partial charge in [0.1, 0.15) is 33.8 Å². The highest BCUT2D eigenvalue weighted by Crippen LogP contribution is 2.27. The first kappa shape index (κ1) is 26.4. The van der Waals surface area contributed by atoms with E-state index in [0.29, 0.717) is 42.7 Å². The predicted molar refractivity (Wildman–Crippen MR) is 147 cm³/mol. The fourth-order valence-corrected chi connectivity index (χ4v) is 4.40. The Morgan fingerprint density at radius 3 is 2.35 bits per heavy atom. The zero-order chi connectivity index (χ0) is 26.3. The predicted octanol–water partition coefficient (Wildman–Crippen LogP) is 4.20. The van der Waals surface area contributed by atoms with Crippen molar-refractivity contribution in [2.45, 2.75) is 13.0 Å². The number of sulfone groups is 1. The summed E-state index contributed by atoms with van der Waals surface area (Å²) in [6.45, 7) is 2.26. The van der Waals surface area contributed by atoms with Gasteiger partial charge in [0.15, 0.2) is 5.82 Å². The first-order valence-electron chi connectivity index (χ1n) is 12.1. The fraction of sp³-hybridized carbons (Fsp3) is 0.286. The topological polar surface area (TPSA) is 108 Å². The molecule has 0 aliphatic heterocycles. The molecule has 0 aliphatic carbocycles. The van der Waals surface area contributed by atoms with Crippen LogP contribution in [0.1, 0.15) is 12.0 Å². The molecule has 0 saturated carbocycles. The van der Waals surface area contributed by atoms with Gasteiger partial charge >= 0.3 is 0 Å². The number of rotatable bonds is 12. The van der Waals surface area contributed by atoms with Crippen LogP contribution >= 0.6 is 0 Å². The summed E-state index contributed by atoms with van der Waals surface area (Å²) in [6, 6.07) is 23.2. The van der Waals surface area contributed by atoms with Gasteiger partial charge in [-0.25, -0.2) is 18.4 Å². The molecular formula is C28H32N4O4S. The third kappa shape index (κ3) is 7.90. The maximum atomic E-state index is 11.3. The molecule has 0 saturated heterocycles. The van der Waals surface area contributed by atoms with E-state index in [9.17, 15) is 8.42 Å². The Balaban J connectivity index is 1.37. The van der Waals surface area contributed by atoms with Crippen LogP contribution in [0.2, 0.25) is 0 Å². The van der Waals surface area contributed by atoms with Gasteiger partial charge < -0.3 is 20.1 Å². The van der Waals surface area contributed by atoms with Crippen molar-refractivity contribution in [3.63, 3.8) is 0 Å². The molecule has 9 heteroatoms. The van der Waals surface area contributed by atoms with E-state index in [1.165, 1.54) is 6.26 Å². The summed E-state index contributed by atoms with van der Waals surface area (Å²) in [5.41, 5.74) is 8.88. The zero-order valence-electron chi connectivity index (χ0n) is 21.1. The van der Waals surface area contributed by atoms with Gasteiger partial charge in [-0.3, -0.25) is 0 Å². The van der Waals surface area contributed by atoms with Crippen molar-refractivity contribution >= 4 is 26.6 Å². The van der Waals surface area contributed by atoms with Crippen LogP contribution < -0.4 is 15.2 Å². The number of hydrogen-bond acceptors (Lipinski definition) is 8. The molecule has 194 valence electrons. The number of nitrogens with zero attached hydrogens (tertiary/aromatic N) is 3. The fourth-order valence-electron chi connectivity index (χ4n) is 3.75. The number of aromatic nitrogens is 2. The highest BCUT2D eigenvalue weighted by Gasteiger charge is 2.10. The van der Waals surface area contributed by atoms with Crippen molar-refractivity contribution < 1.29 is 17.9 Å². The summed E-state index contributed by atoms with van der Waals surface area (Å²) in [5, 5.41) is 0.763. The molecule has 0 amide bonds. The monoisotopic (exact) mass is 520 g/mol. The van der Waals surface area contributed by atoms with Gasteiger partial charge in [-0.05, 0) is 55.4 Å². The van der Waals surface area contributed by atoms with Gasteiger partial charge in [0.05, 0.1) is 17.9 Å². The summed E-state index contributed by atoms with van der Waals surface area (Å²) in [4.78, 5) is 11.2. The molecular weight excluding hydrogens is 488 g/mol. The van der Waals surface area contributed by atoms with Crippen molar-refractivity contribution in [3.05, 3.63) is 78.4 Å². The molecule has 3 aromatic carbocycles. The van der Waals surface area contributed by atoms with Crippen molar-refractivity contribution in [1.82, 2.24) is 14.9 Å². The molecule has 1 aromatic heterocycles. The molecule has 0 spiro atoms. The lowest BCUT2D eigenvalue weighted by atomic mass is 10.1. The van der Waals surface area contributed by atoms with Gasteiger partial charge in [0, 0.05) is 36.4 Å². The summed E-state index contributed by atoms with van der Waals surface area (Å²) in [5.74, 6) is 2.55. The molecule has 0 radical (unpaired) electrons. The molecule has 1 heterocycles. The second-order valence-electron chi connectivity index (χ2n) is 9.05. The van der Waals surface area contributed by atoms with Crippen LogP contribution in [0, 0.1) is 0 Å². The molecule has 8 nitrogen and oxygen atoms in total. The normalized spacial score (nSPS) is 11.6. The van der Waals surface area contributed by atoms with E-state index < -0.39 is 9.84 Å². The number of anilines is 1. The lowest BCUT2D eigenvalue weighted by Gasteiger charge is -2.16. The molecule has 0 atom stereocenters. The molecule has 4 aromatic rings. The van der Waals surface area contributed by atoms with E-state index in [1.807, 2.05) is 84.7 Å². The van der Waals surface area contributed by atoms with Crippen LogP contribution in [0.25, 0.3) is 22.3 Å². The van der Waals surface area contributed by atoms with Gasteiger partial charge in [0.2, 0.25) is 0 Å². The van der Waals surface area contributed by atoms with Crippen molar-refractivity contribution in [1.29, 1.82) is 0 Å². The van der Waals surface area contributed by atoms with Crippen LogP contribution in [-0.4, -0.2) is 62.0 Å². The van der Waals surface area contributed by atoms with Crippen LogP contribution in [0.4, 0.5) is 5.82 Å². The van der Waals surface area contributed by atoms with Gasteiger partial charge in [-0.2, -0.15) is 0 Å². The van der Waals surface area contributed by atoms with Gasteiger partial charge in [0.25, 0.3) is 0 Å². The SMILES string of the molecule is CN(CCCOc1ccc2c(N)nc(-c3ccc(OCc4ccccc4)cc3)nc2c1)CCS(C)(=O)=O. The number of nitrogens with two attached hydrogens (primary N) is 1. The molecule has 2 N–H and O–H groups in total. The van der Waals surface area contributed by atoms with Crippen molar-refractivity contribution in [3.8, 4) is 22.9 Å². The number of fused-ring (bicyclic) bond motifs is 1. The minimum Gasteiger partial charge on any atom is -0.493 e. The maximum absolute atomic E-state index is 11.3. The molecule has 0 bridgehead atoms. The molecule has 4 rings (SSSR count). The summed E-state index contributed by atoms with van der Waals surface area (Å²) >= 11 is 0. The second kappa shape index (κ2) is 12.0. The summed E-state index contributed by atoms with van der Waals surface area (Å²) in [7, 11) is -1.05. The van der Waals surface area contributed by atoms with E-state index in [2.05, 4.69) is 4.98 Å². The van der Waals surface area contributed by atoms with E-state index in [1.54, 1.807) is 0 Å².